The Morgan fingerprint density at radius 1 is 1.31 bits per heavy atom. The van der Waals surface area contributed by atoms with Gasteiger partial charge in [-0.1, -0.05) is 0 Å². The standard InChI is InChI=1S/C10H12N2O/c13-8-9-3-4-10(11-7-9)12-5-1-2-6-12/h3-4,7-8H,1-2,5-6H2/p+1. The fraction of sp³-hybridized carbons (Fsp3) is 0.400. The average Bonchev–Trinajstić information content (AvgIpc) is 2.71. The van der Waals surface area contributed by atoms with E-state index < -0.39 is 0 Å². The zero-order valence-corrected chi connectivity index (χ0v) is 7.49. The molecule has 3 nitrogen and oxygen atoms in total. The van der Waals surface area contributed by atoms with Crippen molar-refractivity contribution in [1.82, 2.24) is 0 Å². The number of nitrogens with one attached hydrogen (secondary N) is 1. The number of pyridine rings is 1. The highest BCUT2D eigenvalue weighted by Crippen LogP contribution is 2.14. The van der Waals surface area contributed by atoms with Crippen LogP contribution >= 0.6 is 0 Å². The summed E-state index contributed by atoms with van der Waals surface area (Å²) in [6.07, 6.45) is 5.14. The van der Waals surface area contributed by atoms with Crippen molar-refractivity contribution in [3.05, 3.63) is 23.9 Å². The number of rotatable bonds is 2. The second kappa shape index (κ2) is 3.56. The predicted octanol–water partition coefficient (Wildman–Crippen LogP) is 0.913. The molecular formula is C10H13N2O+. The molecule has 1 saturated heterocycles. The second-order valence-electron chi connectivity index (χ2n) is 3.32. The van der Waals surface area contributed by atoms with Crippen molar-refractivity contribution in [2.75, 3.05) is 18.0 Å². The Balaban J connectivity index is 2.16. The molecule has 0 radical (unpaired) electrons. The molecule has 1 N–H and O–H groups in total. The number of carbonyl (C=O) groups is 1. The second-order valence-corrected chi connectivity index (χ2v) is 3.32. The molecule has 1 aliphatic heterocycles. The van der Waals surface area contributed by atoms with Gasteiger partial charge in [-0.05, 0) is 18.9 Å². The summed E-state index contributed by atoms with van der Waals surface area (Å²) in [6.45, 7) is 2.24. The summed E-state index contributed by atoms with van der Waals surface area (Å²) in [5.41, 5.74) is 0.697. The van der Waals surface area contributed by atoms with E-state index in [0.717, 1.165) is 25.2 Å². The van der Waals surface area contributed by atoms with Crippen molar-refractivity contribution >= 4 is 12.1 Å². The van der Waals surface area contributed by atoms with Gasteiger partial charge in [0.05, 0.1) is 24.8 Å². The van der Waals surface area contributed by atoms with Crippen LogP contribution in [0.1, 0.15) is 23.2 Å². The fourth-order valence-electron chi connectivity index (χ4n) is 1.66. The van der Waals surface area contributed by atoms with Crippen molar-refractivity contribution in [3.63, 3.8) is 0 Å². The van der Waals surface area contributed by atoms with Crippen molar-refractivity contribution in [2.45, 2.75) is 12.8 Å². The molecule has 0 aliphatic carbocycles. The van der Waals surface area contributed by atoms with Gasteiger partial charge < -0.3 is 0 Å². The molecule has 0 amide bonds. The van der Waals surface area contributed by atoms with Crippen LogP contribution in [0.15, 0.2) is 18.3 Å². The van der Waals surface area contributed by atoms with Crippen LogP contribution in [0.5, 0.6) is 0 Å². The first-order chi connectivity index (χ1) is 6.40. The minimum Gasteiger partial charge on any atom is -0.298 e. The van der Waals surface area contributed by atoms with E-state index in [9.17, 15) is 4.79 Å². The van der Waals surface area contributed by atoms with E-state index >= 15 is 0 Å². The fourth-order valence-corrected chi connectivity index (χ4v) is 1.66. The normalized spacial score (nSPS) is 16.2. The molecule has 1 aromatic rings. The van der Waals surface area contributed by atoms with E-state index in [1.54, 1.807) is 6.20 Å². The maximum atomic E-state index is 10.4. The zero-order chi connectivity index (χ0) is 9.10. The molecule has 1 aromatic heterocycles. The molecule has 2 heterocycles. The zero-order valence-electron chi connectivity index (χ0n) is 7.49. The number of hydrogen-bond acceptors (Lipinski definition) is 2. The number of nitrogens with zero attached hydrogens (tertiary/aromatic N) is 1. The van der Waals surface area contributed by atoms with E-state index in [-0.39, 0.29) is 0 Å². The van der Waals surface area contributed by atoms with Crippen LogP contribution in [-0.4, -0.2) is 19.4 Å². The Hall–Kier alpha value is -1.38. The largest absolute Gasteiger partial charge is 0.298 e. The average molecular weight is 177 g/mol. The topological polar surface area (TPSA) is 34.5 Å². The van der Waals surface area contributed by atoms with Crippen LogP contribution in [0.25, 0.3) is 0 Å². The highest BCUT2D eigenvalue weighted by atomic mass is 16.1. The van der Waals surface area contributed by atoms with E-state index in [2.05, 4.69) is 9.88 Å². The van der Waals surface area contributed by atoms with E-state index in [0.29, 0.717) is 5.56 Å². The Labute approximate surface area is 77.4 Å². The molecule has 3 heteroatoms. The maximum Gasteiger partial charge on any atom is 0.274 e. The summed E-state index contributed by atoms with van der Waals surface area (Å²) in [5.74, 6) is 1.11. The van der Waals surface area contributed by atoms with Gasteiger partial charge in [-0.25, -0.2) is 4.98 Å². The van der Waals surface area contributed by atoms with Gasteiger partial charge in [-0.15, -0.1) is 0 Å². The highest BCUT2D eigenvalue weighted by molar-refractivity contribution is 5.73. The number of carbonyl (C=O) groups excluding carboxylic acids is 1. The number of aldehydes is 1. The molecule has 0 spiro atoms. The van der Waals surface area contributed by atoms with Gasteiger partial charge in [0.15, 0.2) is 6.29 Å². The predicted molar refractivity (Wildman–Crippen MR) is 49.8 cm³/mol. The van der Waals surface area contributed by atoms with E-state index in [1.165, 1.54) is 12.8 Å². The van der Waals surface area contributed by atoms with Crippen LogP contribution in [-0.2, 0) is 0 Å². The van der Waals surface area contributed by atoms with Crippen LogP contribution in [0.2, 0.25) is 0 Å². The van der Waals surface area contributed by atoms with Crippen LogP contribution in [0.4, 0.5) is 5.82 Å². The Bertz CT molecular complexity index is 288. The summed E-state index contributed by atoms with van der Waals surface area (Å²) >= 11 is 0. The summed E-state index contributed by atoms with van der Waals surface area (Å²) in [5, 5.41) is 0. The molecule has 1 aliphatic rings. The minimum atomic E-state index is 0.697. The molecule has 0 aromatic carbocycles. The SMILES string of the molecule is O=Cc1ccc(N2CCCC2)[nH+]c1. The number of aromatic amines is 1. The third kappa shape index (κ3) is 1.69. The summed E-state index contributed by atoms with van der Waals surface area (Å²) in [4.78, 5) is 15.8. The minimum absolute atomic E-state index is 0.697. The van der Waals surface area contributed by atoms with E-state index in [4.69, 9.17) is 0 Å². The molecule has 68 valence electrons. The van der Waals surface area contributed by atoms with Crippen molar-refractivity contribution in [3.8, 4) is 0 Å². The van der Waals surface area contributed by atoms with Crippen molar-refractivity contribution < 1.29 is 9.78 Å². The number of H-pyrrole nitrogens is 1. The van der Waals surface area contributed by atoms with Crippen molar-refractivity contribution in [2.24, 2.45) is 0 Å². The monoisotopic (exact) mass is 177 g/mol. The van der Waals surface area contributed by atoms with Crippen LogP contribution < -0.4 is 9.88 Å². The van der Waals surface area contributed by atoms with Gasteiger partial charge in [-0.3, -0.25) is 9.69 Å². The Morgan fingerprint density at radius 3 is 2.62 bits per heavy atom. The quantitative estimate of drug-likeness (QED) is 0.629. The van der Waals surface area contributed by atoms with E-state index in [1.807, 2.05) is 12.1 Å². The lowest BCUT2D eigenvalue weighted by Crippen LogP contribution is -2.25. The summed E-state index contributed by atoms with van der Waals surface area (Å²) in [7, 11) is 0. The number of anilines is 1. The van der Waals surface area contributed by atoms with Gasteiger partial charge in [0, 0.05) is 6.07 Å². The Kier molecular flexibility index (Phi) is 2.25. The molecule has 0 unspecified atom stereocenters. The first-order valence-corrected chi connectivity index (χ1v) is 4.62. The molecule has 0 atom stereocenters. The first-order valence-electron chi connectivity index (χ1n) is 4.62. The van der Waals surface area contributed by atoms with Crippen LogP contribution in [0.3, 0.4) is 0 Å². The van der Waals surface area contributed by atoms with Crippen molar-refractivity contribution in [1.29, 1.82) is 0 Å². The molecule has 1 fully saturated rings. The molecule has 13 heavy (non-hydrogen) atoms. The third-order valence-corrected chi connectivity index (χ3v) is 2.40. The molecule has 0 saturated carbocycles. The van der Waals surface area contributed by atoms with Gasteiger partial charge in [0.2, 0.25) is 0 Å². The molecule has 2 rings (SSSR count). The maximum absolute atomic E-state index is 10.4. The van der Waals surface area contributed by atoms with Gasteiger partial charge in [0.1, 0.15) is 0 Å². The third-order valence-electron chi connectivity index (χ3n) is 2.40. The lowest BCUT2D eigenvalue weighted by Gasteiger charge is -2.07. The molecular weight excluding hydrogens is 164 g/mol. The number of hydrogen-bond donors (Lipinski definition) is 0. The number of aromatic nitrogens is 1. The highest BCUT2D eigenvalue weighted by Gasteiger charge is 2.19. The van der Waals surface area contributed by atoms with Gasteiger partial charge in [0.25, 0.3) is 5.82 Å². The van der Waals surface area contributed by atoms with Gasteiger partial charge >= 0.3 is 0 Å². The Morgan fingerprint density at radius 2 is 2.08 bits per heavy atom. The first kappa shape index (κ1) is 8.23. The summed E-state index contributed by atoms with van der Waals surface area (Å²) < 4.78 is 0. The molecule has 0 bridgehead atoms. The lowest BCUT2D eigenvalue weighted by atomic mass is 10.3. The summed E-state index contributed by atoms with van der Waals surface area (Å²) in [6, 6.07) is 3.81. The van der Waals surface area contributed by atoms with Crippen LogP contribution in [0, 0.1) is 0 Å². The lowest BCUT2D eigenvalue weighted by molar-refractivity contribution is -0.364. The van der Waals surface area contributed by atoms with Gasteiger partial charge in [-0.2, -0.15) is 0 Å². The smallest absolute Gasteiger partial charge is 0.274 e.